The van der Waals surface area contributed by atoms with Crippen LogP contribution >= 0.6 is 0 Å². The first-order valence-corrected chi connectivity index (χ1v) is 7.22. The molecule has 0 bridgehead atoms. The molecule has 0 aliphatic carbocycles. The molecule has 0 radical (unpaired) electrons. The van der Waals surface area contributed by atoms with Crippen molar-refractivity contribution < 1.29 is 9.13 Å². The Balaban J connectivity index is 2.04. The van der Waals surface area contributed by atoms with Crippen LogP contribution in [0.2, 0.25) is 0 Å². The van der Waals surface area contributed by atoms with Gasteiger partial charge in [0, 0.05) is 13.2 Å². The minimum atomic E-state index is -0.192. The third kappa shape index (κ3) is 4.66. The molecule has 0 saturated carbocycles. The summed E-state index contributed by atoms with van der Waals surface area (Å²) in [6, 6.07) is 15.5. The number of ether oxygens (including phenoxy) is 1. The minimum absolute atomic E-state index is 0.192. The van der Waals surface area contributed by atoms with Crippen LogP contribution in [-0.2, 0) is 17.6 Å². The van der Waals surface area contributed by atoms with Gasteiger partial charge < -0.3 is 10.1 Å². The molecular weight excluding hydrogens is 265 g/mol. The summed E-state index contributed by atoms with van der Waals surface area (Å²) in [7, 11) is 3.67. The highest BCUT2D eigenvalue weighted by atomic mass is 19.1. The molecule has 2 aromatic carbocycles. The summed E-state index contributed by atoms with van der Waals surface area (Å²) in [5.41, 5.74) is 3.64. The van der Waals surface area contributed by atoms with Crippen LogP contribution in [0.25, 0.3) is 0 Å². The number of benzene rings is 2. The van der Waals surface area contributed by atoms with E-state index in [-0.39, 0.29) is 11.9 Å². The number of halogens is 1. The molecule has 1 N–H and O–H groups in total. The second kappa shape index (κ2) is 7.91. The van der Waals surface area contributed by atoms with Crippen molar-refractivity contribution in [3.8, 4) is 0 Å². The van der Waals surface area contributed by atoms with Gasteiger partial charge in [-0.2, -0.15) is 0 Å². The lowest BCUT2D eigenvalue weighted by atomic mass is 9.97. The molecule has 1 atom stereocenters. The van der Waals surface area contributed by atoms with Crippen molar-refractivity contribution >= 4 is 0 Å². The number of hydrogen-bond donors (Lipinski definition) is 1. The Kier molecular flexibility index (Phi) is 5.90. The van der Waals surface area contributed by atoms with Crippen molar-refractivity contribution in [3.05, 3.63) is 71.0 Å². The van der Waals surface area contributed by atoms with Crippen molar-refractivity contribution in [1.29, 1.82) is 0 Å². The van der Waals surface area contributed by atoms with E-state index in [1.165, 1.54) is 23.3 Å². The highest BCUT2D eigenvalue weighted by molar-refractivity contribution is 5.27. The predicted octanol–water partition coefficient (Wildman–Crippen LogP) is 3.52. The van der Waals surface area contributed by atoms with Gasteiger partial charge >= 0.3 is 0 Å². The highest BCUT2D eigenvalue weighted by Crippen LogP contribution is 2.19. The van der Waals surface area contributed by atoms with Crippen LogP contribution in [0.15, 0.2) is 48.5 Å². The lowest BCUT2D eigenvalue weighted by Crippen LogP contribution is -2.18. The third-order valence-corrected chi connectivity index (χ3v) is 3.68. The smallest absolute Gasteiger partial charge is 0.123 e. The molecule has 0 aromatic heterocycles. The van der Waals surface area contributed by atoms with E-state index in [0.29, 0.717) is 0 Å². The summed E-state index contributed by atoms with van der Waals surface area (Å²) >= 11 is 0. The van der Waals surface area contributed by atoms with Gasteiger partial charge in [0.2, 0.25) is 0 Å². The Bertz CT molecular complexity index is 536. The fourth-order valence-electron chi connectivity index (χ4n) is 2.38. The van der Waals surface area contributed by atoms with Crippen LogP contribution in [0, 0.1) is 5.82 Å². The zero-order valence-corrected chi connectivity index (χ0v) is 12.6. The SMILES string of the molecule is CNC(Cc1ccc(F)cc1)c1ccc(CCOC)cc1. The molecule has 2 nitrogen and oxygen atoms in total. The minimum Gasteiger partial charge on any atom is -0.384 e. The van der Waals surface area contributed by atoms with E-state index < -0.39 is 0 Å². The first-order valence-electron chi connectivity index (χ1n) is 7.22. The lowest BCUT2D eigenvalue weighted by molar-refractivity contribution is 0.202. The van der Waals surface area contributed by atoms with Crippen molar-refractivity contribution in [1.82, 2.24) is 5.32 Å². The molecule has 0 spiro atoms. The summed E-state index contributed by atoms with van der Waals surface area (Å²) in [6.07, 6.45) is 1.77. The average Bonchev–Trinajstić information content (AvgIpc) is 2.53. The number of nitrogens with one attached hydrogen (secondary N) is 1. The van der Waals surface area contributed by atoms with Crippen LogP contribution in [0.4, 0.5) is 4.39 Å². The largest absolute Gasteiger partial charge is 0.384 e. The number of hydrogen-bond acceptors (Lipinski definition) is 2. The summed E-state index contributed by atoms with van der Waals surface area (Å²) < 4.78 is 18.0. The molecular formula is C18H22FNO. The van der Waals surface area contributed by atoms with Crippen LogP contribution in [0.1, 0.15) is 22.7 Å². The van der Waals surface area contributed by atoms with Crippen molar-refractivity contribution in [2.75, 3.05) is 20.8 Å². The van der Waals surface area contributed by atoms with Gasteiger partial charge in [-0.05, 0) is 48.7 Å². The average molecular weight is 287 g/mol. The summed E-state index contributed by atoms with van der Waals surface area (Å²) in [4.78, 5) is 0. The molecule has 3 heteroatoms. The molecule has 21 heavy (non-hydrogen) atoms. The maximum Gasteiger partial charge on any atom is 0.123 e. The van der Waals surface area contributed by atoms with Gasteiger partial charge in [-0.25, -0.2) is 4.39 Å². The van der Waals surface area contributed by atoms with Crippen LogP contribution in [0.5, 0.6) is 0 Å². The number of methoxy groups -OCH3 is 1. The van der Waals surface area contributed by atoms with Gasteiger partial charge in [0.05, 0.1) is 6.61 Å². The molecule has 112 valence electrons. The van der Waals surface area contributed by atoms with E-state index in [1.807, 2.05) is 19.2 Å². The molecule has 2 aromatic rings. The summed E-state index contributed by atoms with van der Waals surface area (Å²) in [6.45, 7) is 0.740. The van der Waals surface area contributed by atoms with Crippen LogP contribution in [0.3, 0.4) is 0 Å². The maximum absolute atomic E-state index is 12.9. The van der Waals surface area contributed by atoms with E-state index in [4.69, 9.17) is 4.74 Å². The monoisotopic (exact) mass is 287 g/mol. The molecule has 0 aliphatic heterocycles. The second-order valence-corrected chi connectivity index (χ2v) is 5.16. The summed E-state index contributed by atoms with van der Waals surface area (Å²) in [5, 5.41) is 3.33. The lowest BCUT2D eigenvalue weighted by Gasteiger charge is -2.17. The fourth-order valence-corrected chi connectivity index (χ4v) is 2.38. The van der Waals surface area contributed by atoms with Gasteiger partial charge in [-0.3, -0.25) is 0 Å². The Hall–Kier alpha value is -1.71. The normalized spacial score (nSPS) is 12.3. The molecule has 0 aliphatic rings. The molecule has 0 saturated heterocycles. The zero-order valence-electron chi connectivity index (χ0n) is 12.6. The summed E-state index contributed by atoms with van der Waals surface area (Å²) in [5.74, 6) is -0.192. The van der Waals surface area contributed by atoms with Gasteiger partial charge in [0.25, 0.3) is 0 Å². The van der Waals surface area contributed by atoms with Crippen molar-refractivity contribution in [3.63, 3.8) is 0 Å². The van der Waals surface area contributed by atoms with Crippen molar-refractivity contribution in [2.24, 2.45) is 0 Å². The van der Waals surface area contributed by atoms with E-state index in [1.54, 1.807) is 7.11 Å². The van der Waals surface area contributed by atoms with E-state index in [2.05, 4.69) is 29.6 Å². The Labute approximate surface area is 126 Å². The van der Waals surface area contributed by atoms with E-state index in [9.17, 15) is 4.39 Å². The van der Waals surface area contributed by atoms with Crippen LogP contribution < -0.4 is 5.32 Å². The van der Waals surface area contributed by atoms with Gasteiger partial charge in [-0.1, -0.05) is 36.4 Å². The van der Waals surface area contributed by atoms with Crippen LogP contribution in [-0.4, -0.2) is 20.8 Å². The quantitative estimate of drug-likeness (QED) is 0.841. The van der Waals surface area contributed by atoms with Gasteiger partial charge in [0.1, 0.15) is 5.82 Å². The first kappa shape index (κ1) is 15.7. The van der Waals surface area contributed by atoms with E-state index in [0.717, 1.165) is 25.0 Å². The molecule has 0 amide bonds. The Morgan fingerprint density at radius 2 is 1.62 bits per heavy atom. The third-order valence-electron chi connectivity index (χ3n) is 3.68. The fraction of sp³-hybridized carbons (Fsp3) is 0.333. The molecule has 0 fully saturated rings. The number of rotatable bonds is 7. The van der Waals surface area contributed by atoms with E-state index >= 15 is 0 Å². The Morgan fingerprint density at radius 1 is 1.00 bits per heavy atom. The number of likely N-dealkylation sites (N-methyl/N-ethyl adjacent to an activating group) is 1. The topological polar surface area (TPSA) is 21.3 Å². The molecule has 2 rings (SSSR count). The Morgan fingerprint density at radius 3 is 2.19 bits per heavy atom. The standard InChI is InChI=1S/C18H22FNO/c1-20-18(13-15-5-9-17(19)10-6-15)16-7-3-14(4-8-16)11-12-21-2/h3-10,18,20H,11-13H2,1-2H3. The van der Waals surface area contributed by atoms with Gasteiger partial charge in [0.15, 0.2) is 0 Å². The zero-order chi connectivity index (χ0) is 15.1. The predicted molar refractivity (Wildman–Crippen MR) is 83.9 cm³/mol. The maximum atomic E-state index is 12.9. The molecule has 1 unspecified atom stereocenters. The van der Waals surface area contributed by atoms with Gasteiger partial charge in [-0.15, -0.1) is 0 Å². The highest BCUT2D eigenvalue weighted by Gasteiger charge is 2.10. The van der Waals surface area contributed by atoms with Crippen molar-refractivity contribution in [2.45, 2.75) is 18.9 Å². The molecule has 0 heterocycles. The first-order chi connectivity index (χ1) is 10.2. The second-order valence-electron chi connectivity index (χ2n) is 5.16.